The Morgan fingerprint density at radius 1 is 0.929 bits per heavy atom. The molecule has 152 valence electrons. The molecule has 2 aromatic carbocycles. The second-order valence-electron chi connectivity index (χ2n) is 8.76. The van der Waals surface area contributed by atoms with Gasteiger partial charge in [0, 0.05) is 16.2 Å². The largest absolute Gasteiger partial charge is 0.240 e. The first-order valence-electron chi connectivity index (χ1n) is 10.0. The lowest BCUT2D eigenvalue weighted by atomic mass is 9.87. The van der Waals surface area contributed by atoms with Crippen LogP contribution in [0.4, 0.5) is 0 Å². The van der Waals surface area contributed by atoms with Crippen LogP contribution in [0.5, 0.6) is 0 Å². The summed E-state index contributed by atoms with van der Waals surface area (Å²) in [6, 6.07) is 15.8. The molecule has 28 heavy (non-hydrogen) atoms. The molecule has 0 saturated heterocycles. The van der Waals surface area contributed by atoms with Gasteiger partial charge in [-0.15, -0.1) is 11.8 Å². The molecule has 0 radical (unpaired) electrons. The van der Waals surface area contributed by atoms with Crippen LogP contribution in [0.2, 0.25) is 0 Å². The number of aryl methyl sites for hydroxylation is 1. The fraction of sp³-hybridized carbons (Fsp3) is 0.478. The summed E-state index contributed by atoms with van der Waals surface area (Å²) in [6.45, 7) is 8.60. The normalized spacial score (nSPS) is 20.9. The van der Waals surface area contributed by atoms with Crippen LogP contribution in [0.3, 0.4) is 0 Å². The zero-order valence-corrected chi connectivity index (χ0v) is 18.9. The van der Waals surface area contributed by atoms with Gasteiger partial charge < -0.3 is 0 Å². The highest BCUT2D eigenvalue weighted by atomic mass is 32.2. The van der Waals surface area contributed by atoms with Crippen molar-refractivity contribution in [1.82, 2.24) is 4.72 Å². The smallest absolute Gasteiger partial charge is 0.207 e. The number of benzene rings is 2. The van der Waals surface area contributed by atoms with Crippen molar-refractivity contribution in [3.8, 4) is 0 Å². The van der Waals surface area contributed by atoms with Crippen molar-refractivity contribution in [2.24, 2.45) is 0 Å². The molecule has 3 rings (SSSR count). The second kappa shape index (κ2) is 8.60. The van der Waals surface area contributed by atoms with Gasteiger partial charge in [0.1, 0.15) is 0 Å². The molecule has 3 nitrogen and oxygen atoms in total. The van der Waals surface area contributed by atoms with Gasteiger partial charge in [0.25, 0.3) is 0 Å². The van der Waals surface area contributed by atoms with Crippen LogP contribution in [0, 0.1) is 6.92 Å². The quantitative estimate of drug-likeness (QED) is 0.681. The van der Waals surface area contributed by atoms with Gasteiger partial charge in [-0.3, -0.25) is 0 Å². The lowest BCUT2D eigenvalue weighted by Gasteiger charge is -2.31. The molecule has 0 aromatic heterocycles. The lowest BCUT2D eigenvalue weighted by Crippen LogP contribution is -2.43. The van der Waals surface area contributed by atoms with E-state index in [1.54, 1.807) is 23.9 Å². The lowest BCUT2D eigenvalue weighted by molar-refractivity contribution is 0.423. The zero-order chi connectivity index (χ0) is 20.4. The van der Waals surface area contributed by atoms with Crippen molar-refractivity contribution >= 4 is 21.8 Å². The number of sulfonamides is 1. The molecular weight excluding hydrogens is 386 g/mol. The Bertz CT molecular complexity index is 882. The predicted octanol–water partition coefficient (Wildman–Crippen LogP) is 5.67. The van der Waals surface area contributed by atoms with Gasteiger partial charge in [-0.1, -0.05) is 63.4 Å². The van der Waals surface area contributed by atoms with E-state index < -0.39 is 10.0 Å². The first-order valence-corrected chi connectivity index (χ1v) is 12.4. The Hall–Kier alpha value is -1.30. The van der Waals surface area contributed by atoms with Crippen molar-refractivity contribution in [2.75, 3.05) is 0 Å². The standard InChI is InChI=1S/C23H31NO2S2/c1-17-9-15-20(16-10-17)28(25,26)24-21-7-5-6-8-22(21)27-19-13-11-18(12-14-19)23(2,3)4/h9-16,21-22,24H,5-8H2,1-4H3/t21-,22-/m0/s1. The third-order valence-corrected chi connectivity index (χ3v) is 8.27. The van der Waals surface area contributed by atoms with E-state index in [1.165, 1.54) is 10.5 Å². The van der Waals surface area contributed by atoms with Crippen molar-refractivity contribution in [2.45, 2.75) is 79.9 Å². The summed E-state index contributed by atoms with van der Waals surface area (Å²) >= 11 is 1.80. The van der Waals surface area contributed by atoms with Crippen molar-refractivity contribution < 1.29 is 8.42 Å². The Morgan fingerprint density at radius 3 is 2.14 bits per heavy atom. The highest BCUT2D eigenvalue weighted by molar-refractivity contribution is 8.00. The van der Waals surface area contributed by atoms with Gasteiger partial charge in [0.05, 0.1) is 4.90 Å². The van der Waals surface area contributed by atoms with E-state index in [2.05, 4.69) is 49.8 Å². The third-order valence-electron chi connectivity index (χ3n) is 5.35. The van der Waals surface area contributed by atoms with Gasteiger partial charge in [-0.2, -0.15) is 0 Å². The van der Waals surface area contributed by atoms with Crippen LogP contribution in [0.25, 0.3) is 0 Å². The van der Waals surface area contributed by atoms with Gasteiger partial charge in [0.2, 0.25) is 10.0 Å². The Kier molecular flexibility index (Phi) is 6.58. The van der Waals surface area contributed by atoms with E-state index >= 15 is 0 Å². The number of rotatable bonds is 5. The molecule has 1 fully saturated rings. The van der Waals surface area contributed by atoms with Crippen LogP contribution in [-0.4, -0.2) is 19.7 Å². The number of hydrogen-bond donors (Lipinski definition) is 1. The van der Waals surface area contributed by atoms with E-state index in [9.17, 15) is 8.42 Å². The minimum Gasteiger partial charge on any atom is -0.207 e. The highest BCUT2D eigenvalue weighted by Crippen LogP contribution is 2.35. The van der Waals surface area contributed by atoms with Crippen LogP contribution >= 0.6 is 11.8 Å². The van der Waals surface area contributed by atoms with Crippen LogP contribution in [0.1, 0.15) is 57.6 Å². The van der Waals surface area contributed by atoms with Gasteiger partial charge in [0.15, 0.2) is 0 Å². The van der Waals surface area contributed by atoms with E-state index in [-0.39, 0.29) is 16.7 Å². The maximum absolute atomic E-state index is 12.8. The summed E-state index contributed by atoms with van der Waals surface area (Å²) < 4.78 is 28.7. The number of hydrogen-bond acceptors (Lipinski definition) is 3. The molecule has 0 unspecified atom stereocenters. The molecule has 5 heteroatoms. The third kappa shape index (κ3) is 5.40. The monoisotopic (exact) mass is 417 g/mol. The van der Waals surface area contributed by atoms with Crippen LogP contribution in [-0.2, 0) is 15.4 Å². The maximum atomic E-state index is 12.8. The summed E-state index contributed by atoms with van der Waals surface area (Å²) in [4.78, 5) is 1.56. The van der Waals surface area contributed by atoms with Crippen molar-refractivity contribution in [3.63, 3.8) is 0 Å². The fourth-order valence-electron chi connectivity index (χ4n) is 3.57. The Labute approximate surface area is 174 Å². The average Bonchev–Trinajstić information content (AvgIpc) is 2.63. The van der Waals surface area contributed by atoms with Crippen LogP contribution in [0.15, 0.2) is 58.3 Å². The molecule has 0 aliphatic heterocycles. The minimum atomic E-state index is -3.49. The van der Waals surface area contributed by atoms with E-state index in [0.717, 1.165) is 31.2 Å². The topological polar surface area (TPSA) is 46.2 Å². The zero-order valence-electron chi connectivity index (χ0n) is 17.2. The molecule has 0 amide bonds. The molecule has 0 heterocycles. The maximum Gasteiger partial charge on any atom is 0.240 e. The fourth-order valence-corrected chi connectivity index (χ4v) is 6.26. The summed E-state index contributed by atoms with van der Waals surface area (Å²) in [7, 11) is -3.49. The molecule has 1 N–H and O–H groups in total. The van der Waals surface area contributed by atoms with Crippen LogP contribution < -0.4 is 4.72 Å². The summed E-state index contributed by atoms with van der Waals surface area (Å²) in [5, 5.41) is 0.259. The molecule has 2 atom stereocenters. The predicted molar refractivity (Wildman–Crippen MR) is 119 cm³/mol. The molecular formula is C23H31NO2S2. The number of thioether (sulfide) groups is 1. The Morgan fingerprint density at radius 2 is 1.54 bits per heavy atom. The second-order valence-corrected chi connectivity index (χ2v) is 11.8. The summed E-state index contributed by atoms with van der Waals surface area (Å²) in [5.41, 5.74) is 2.51. The first-order chi connectivity index (χ1) is 13.1. The number of nitrogens with one attached hydrogen (secondary N) is 1. The highest BCUT2D eigenvalue weighted by Gasteiger charge is 2.30. The SMILES string of the molecule is Cc1ccc(S(=O)(=O)N[C@H]2CCCC[C@@H]2Sc2ccc(C(C)(C)C)cc2)cc1. The van der Waals surface area contributed by atoms with Gasteiger partial charge in [-0.05, 0) is 55.0 Å². The molecule has 2 aromatic rings. The molecule has 0 spiro atoms. The summed E-state index contributed by atoms with van der Waals surface area (Å²) in [6.07, 6.45) is 4.15. The van der Waals surface area contributed by atoms with Gasteiger partial charge in [-0.25, -0.2) is 13.1 Å². The van der Waals surface area contributed by atoms with Gasteiger partial charge >= 0.3 is 0 Å². The van der Waals surface area contributed by atoms with E-state index in [0.29, 0.717) is 4.90 Å². The molecule has 1 saturated carbocycles. The summed E-state index contributed by atoms with van der Waals surface area (Å²) in [5.74, 6) is 0. The minimum absolute atomic E-state index is 0.0349. The molecule has 1 aliphatic rings. The average molecular weight is 418 g/mol. The van der Waals surface area contributed by atoms with E-state index in [4.69, 9.17) is 0 Å². The molecule has 0 bridgehead atoms. The first kappa shape index (κ1) is 21.4. The molecule has 1 aliphatic carbocycles. The van der Waals surface area contributed by atoms with E-state index in [1.807, 2.05) is 19.1 Å². The Balaban J connectivity index is 1.72. The van der Waals surface area contributed by atoms with Crippen molar-refractivity contribution in [1.29, 1.82) is 0 Å². The van der Waals surface area contributed by atoms with Crippen molar-refractivity contribution in [3.05, 3.63) is 59.7 Å².